The molecule has 1 amide bonds. The van der Waals surface area contributed by atoms with Crippen molar-refractivity contribution in [3.05, 3.63) is 23.8 Å². The van der Waals surface area contributed by atoms with Gasteiger partial charge in [0.1, 0.15) is 5.60 Å². The van der Waals surface area contributed by atoms with E-state index in [1.807, 2.05) is 19.1 Å². The van der Waals surface area contributed by atoms with Gasteiger partial charge in [-0.05, 0) is 49.9 Å². The van der Waals surface area contributed by atoms with E-state index in [-0.39, 0.29) is 5.97 Å². The van der Waals surface area contributed by atoms with Crippen LogP contribution in [0.25, 0.3) is 0 Å². The van der Waals surface area contributed by atoms with Crippen LogP contribution in [-0.2, 0) is 20.6 Å². The van der Waals surface area contributed by atoms with E-state index in [9.17, 15) is 9.59 Å². The molecule has 1 aromatic rings. The molecule has 0 unspecified atom stereocenters. The lowest BCUT2D eigenvalue weighted by Gasteiger charge is -2.42. The zero-order valence-electron chi connectivity index (χ0n) is 21.6. The number of nitrogens with one attached hydrogen (secondary N) is 1. The lowest BCUT2D eigenvalue weighted by Crippen LogP contribution is -2.47. The Hall–Kier alpha value is -1.86. The minimum Gasteiger partial charge on any atom is -0.444 e. The second-order valence-corrected chi connectivity index (χ2v) is 15.7. The molecule has 0 saturated carbocycles. The molecule has 0 spiro atoms. The Bertz CT molecular complexity index is 746. The second-order valence-electron chi connectivity index (χ2n) is 10.2. The summed E-state index contributed by atoms with van der Waals surface area (Å²) in [6, 6.07) is 5.39. The maximum absolute atomic E-state index is 12.6. The Morgan fingerprint density at radius 2 is 1.56 bits per heavy atom. The van der Waals surface area contributed by atoms with Gasteiger partial charge in [-0.15, -0.1) is 0 Å². The van der Waals surface area contributed by atoms with Crippen molar-refractivity contribution in [3.63, 3.8) is 0 Å². The van der Waals surface area contributed by atoms with Gasteiger partial charge in [-0.2, -0.15) is 0 Å². The fourth-order valence-electron chi connectivity index (χ4n) is 4.41. The number of hydrogen-bond acceptors (Lipinski definition) is 5. The highest BCUT2D eigenvalue weighted by molar-refractivity contribution is 6.77. The summed E-state index contributed by atoms with van der Waals surface area (Å²) in [7, 11) is -2.13. The monoisotopic (exact) mass is 465 g/mol. The average molecular weight is 466 g/mol. The van der Waals surface area contributed by atoms with Crippen LogP contribution < -0.4 is 10.1 Å². The molecule has 0 aromatic heterocycles. The smallest absolute Gasteiger partial charge is 0.412 e. The summed E-state index contributed by atoms with van der Waals surface area (Å²) >= 11 is 0. The first-order valence-corrected chi connectivity index (χ1v) is 13.8. The summed E-state index contributed by atoms with van der Waals surface area (Å²) < 4.78 is 17.8. The summed E-state index contributed by atoms with van der Waals surface area (Å²) in [5.74, 6) is -0.0330. The minimum atomic E-state index is -2.13. The first-order chi connectivity index (χ1) is 14.7. The minimum absolute atomic E-state index is 0.302. The Labute approximate surface area is 195 Å². The Balaban J connectivity index is 3.34. The number of esters is 1. The number of para-hydroxylation sites is 1. The van der Waals surface area contributed by atoms with Crippen LogP contribution in [0.15, 0.2) is 18.2 Å². The standard InChI is InChI=1S/C25H43NO5Si/c1-11-13-22(27)30-21-15-12-14-20(23(21)26-24(28)31-25(8,9)10)16-29-32(17(2)3,18(4)5)19(6)7/h12,14-15,17-19H,11,13,16H2,1-10H3,(H,26,28). The van der Waals surface area contributed by atoms with Crippen LogP contribution in [-0.4, -0.2) is 26.0 Å². The van der Waals surface area contributed by atoms with Gasteiger partial charge in [-0.1, -0.05) is 60.6 Å². The van der Waals surface area contributed by atoms with Crippen LogP contribution in [0.3, 0.4) is 0 Å². The lowest BCUT2D eigenvalue weighted by molar-refractivity contribution is -0.134. The highest BCUT2D eigenvalue weighted by Crippen LogP contribution is 2.43. The van der Waals surface area contributed by atoms with Crippen molar-refractivity contribution in [2.24, 2.45) is 0 Å². The zero-order valence-corrected chi connectivity index (χ0v) is 22.6. The molecule has 6 nitrogen and oxygen atoms in total. The van der Waals surface area contributed by atoms with E-state index >= 15 is 0 Å². The zero-order chi connectivity index (χ0) is 24.7. The van der Waals surface area contributed by atoms with E-state index in [4.69, 9.17) is 13.9 Å². The van der Waals surface area contributed by atoms with Gasteiger partial charge < -0.3 is 13.9 Å². The summed E-state index contributed by atoms with van der Waals surface area (Å²) in [5.41, 5.74) is 1.81. The molecular formula is C25H43NO5Si. The molecule has 0 radical (unpaired) electrons. The van der Waals surface area contributed by atoms with E-state index in [1.54, 1.807) is 26.8 Å². The van der Waals surface area contributed by atoms with Gasteiger partial charge in [0, 0.05) is 12.0 Å². The van der Waals surface area contributed by atoms with E-state index in [1.165, 1.54) is 0 Å². The van der Waals surface area contributed by atoms with Crippen molar-refractivity contribution in [2.75, 3.05) is 5.32 Å². The van der Waals surface area contributed by atoms with Crippen molar-refractivity contribution in [3.8, 4) is 5.75 Å². The first kappa shape index (κ1) is 28.2. The van der Waals surface area contributed by atoms with Crippen LogP contribution in [0.5, 0.6) is 5.75 Å². The van der Waals surface area contributed by atoms with Crippen molar-refractivity contribution in [1.29, 1.82) is 0 Å². The molecule has 32 heavy (non-hydrogen) atoms. The maximum atomic E-state index is 12.6. The van der Waals surface area contributed by atoms with Crippen LogP contribution >= 0.6 is 0 Å². The third-order valence-electron chi connectivity index (χ3n) is 5.60. The Kier molecular flexibility index (Phi) is 10.4. The number of anilines is 1. The maximum Gasteiger partial charge on any atom is 0.412 e. The number of rotatable bonds is 10. The van der Waals surface area contributed by atoms with Crippen LogP contribution in [0, 0.1) is 0 Å². The van der Waals surface area contributed by atoms with Gasteiger partial charge in [-0.3, -0.25) is 10.1 Å². The molecule has 0 saturated heterocycles. The molecular weight excluding hydrogens is 422 g/mol. The molecule has 0 atom stereocenters. The average Bonchev–Trinajstić information content (AvgIpc) is 2.62. The van der Waals surface area contributed by atoms with Crippen LogP contribution in [0.2, 0.25) is 16.6 Å². The van der Waals surface area contributed by atoms with Crippen LogP contribution in [0.4, 0.5) is 10.5 Å². The summed E-state index contributed by atoms with van der Waals surface area (Å²) in [5, 5.41) is 2.80. The normalized spacial score (nSPS) is 12.4. The number of hydrogen-bond donors (Lipinski definition) is 1. The topological polar surface area (TPSA) is 73.9 Å². The van der Waals surface area contributed by atoms with Gasteiger partial charge in [-0.25, -0.2) is 4.79 Å². The molecule has 1 aromatic carbocycles. The number of carbonyl (C=O) groups excluding carboxylic acids is 2. The molecule has 7 heteroatoms. The Morgan fingerprint density at radius 3 is 2.03 bits per heavy atom. The third kappa shape index (κ3) is 7.62. The van der Waals surface area contributed by atoms with E-state index in [0.717, 1.165) is 5.56 Å². The number of amides is 1. The van der Waals surface area contributed by atoms with Gasteiger partial charge in [0.25, 0.3) is 0 Å². The molecule has 0 heterocycles. The van der Waals surface area contributed by atoms with Gasteiger partial charge >= 0.3 is 12.1 Å². The second kappa shape index (κ2) is 11.8. The third-order valence-corrected chi connectivity index (χ3v) is 11.7. The van der Waals surface area contributed by atoms with Crippen molar-refractivity contribution >= 4 is 26.1 Å². The molecule has 0 bridgehead atoms. The fourth-order valence-corrected chi connectivity index (χ4v) is 9.82. The van der Waals surface area contributed by atoms with Crippen LogP contribution in [0.1, 0.15) is 87.6 Å². The van der Waals surface area contributed by atoms with Gasteiger partial charge in [0.15, 0.2) is 5.75 Å². The van der Waals surface area contributed by atoms with Crippen molar-refractivity contribution < 1.29 is 23.5 Å². The molecule has 1 rings (SSSR count). The lowest BCUT2D eigenvalue weighted by atomic mass is 10.1. The predicted octanol–water partition coefficient (Wildman–Crippen LogP) is 7.43. The van der Waals surface area contributed by atoms with E-state index < -0.39 is 20.0 Å². The first-order valence-electron chi connectivity index (χ1n) is 11.7. The summed E-state index contributed by atoms with van der Waals surface area (Å²) in [6.07, 6.45) is 0.385. The van der Waals surface area contributed by atoms with Crippen molar-refractivity contribution in [1.82, 2.24) is 0 Å². The van der Waals surface area contributed by atoms with Gasteiger partial charge in [0.2, 0.25) is 8.32 Å². The molecule has 0 aliphatic heterocycles. The molecule has 182 valence electrons. The molecule has 0 aliphatic carbocycles. The molecule has 1 N–H and O–H groups in total. The number of benzene rings is 1. The van der Waals surface area contributed by atoms with E-state index in [0.29, 0.717) is 47.5 Å². The van der Waals surface area contributed by atoms with Crippen molar-refractivity contribution in [2.45, 2.75) is 111 Å². The summed E-state index contributed by atoms with van der Waals surface area (Å²) in [6.45, 7) is 21.0. The number of carbonyl (C=O) groups is 2. The SMILES string of the molecule is CCCC(=O)Oc1cccc(CO[Si](C(C)C)(C(C)C)C(C)C)c1NC(=O)OC(C)(C)C. The summed E-state index contributed by atoms with van der Waals surface area (Å²) in [4.78, 5) is 24.7. The highest BCUT2D eigenvalue weighted by Gasteiger charge is 2.45. The van der Waals surface area contributed by atoms with Gasteiger partial charge in [0.05, 0.1) is 12.3 Å². The molecule has 0 fully saturated rings. The Morgan fingerprint density at radius 1 is 1.00 bits per heavy atom. The largest absolute Gasteiger partial charge is 0.444 e. The predicted molar refractivity (Wildman–Crippen MR) is 133 cm³/mol. The molecule has 0 aliphatic rings. The number of ether oxygens (including phenoxy) is 2. The quantitative estimate of drug-likeness (QED) is 0.221. The fraction of sp³-hybridized carbons (Fsp3) is 0.680. The highest BCUT2D eigenvalue weighted by atomic mass is 28.4. The van der Waals surface area contributed by atoms with E-state index in [2.05, 4.69) is 46.9 Å².